The summed E-state index contributed by atoms with van der Waals surface area (Å²) in [6.45, 7) is 2.70. The molecule has 2 aromatic heterocycles. The number of aliphatic carboxylic acids is 2. The van der Waals surface area contributed by atoms with E-state index in [9.17, 15) is 68.1 Å². The fourth-order valence-corrected chi connectivity index (χ4v) is 7.92. The van der Waals surface area contributed by atoms with Gasteiger partial charge in [0.05, 0.1) is 38.3 Å². The van der Waals surface area contributed by atoms with Gasteiger partial charge in [0.25, 0.3) is 0 Å². The molecule has 9 amide bonds. The van der Waals surface area contributed by atoms with Gasteiger partial charge in [0.15, 0.2) is 0 Å². The van der Waals surface area contributed by atoms with Crippen LogP contribution in [0.1, 0.15) is 57.0 Å². The first-order valence-electron chi connectivity index (χ1n) is 23.7. The maximum absolute atomic E-state index is 13.9. The van der Waals surface area contributed by atoms with Crippen molar-refractivity contribution in [2.45, 2.75) is 114 Å². The van der Waals surface area contributed by atoms with Gasteiger partial charge in [0.2, 0.25) is 53.2 Å². The highest BCUT2D eigenvalue weighted by Crippen LogP contribution is 2.20. The van der Waals surface area contributed by atoms with Crippen LogP contribution in [0.3, 0.4) is 0 Å². The Bertz CT molecular complexity index is 2460. The zero-order chi connectivity index (χ0) is 55.4. The van der Waals surface area contributed by atoms with E-state index in [4.69, 9.17) is 5.73 Å². The first-order valence-corrected chi connectivity index (χ1v) is 24.4. The number of hydrogen-bond donors (Lipinski definition) is 15. The van der Waals surface area contributed by atoms with Crippen molar-refractivity contribution in [1.82, 2.24) is 67.4 Å². The van der Waals surface area contributed by atoms with Crippen LogP contribution in [0.2, 0.25) is 0 Å². The Morgan fingerprint density at radius 2 is 1.23 bits per heavy atom. The maximum Gasteiger partial charge on any atom is 0.326 e. The lowest BCUT2D eigenvalue weighted by Gasteiger charge is -2.30. The number of nitrogens with one attached hydrogen (secondary N) is 10. The Morgan fingerprint density at radius 3 is 1.75 bits per heavy atom. The molecule has 1 aliphatic rings. The standard InChI is InChI=1S/C46H64N14O14S/c1-23(2)37(46(73)74)59-42(69)28(12-25-8-5-4-6-9-25)54-40(67)29(13-26-16-48-21-51-26)53-35(62)18-50-39(66)32(19-61)57-41(68)30(14-27-17-49-22-52-27)55-44(71)34-10-7-11-60(34)45(72)31(15-36(63)64)56-43(70)33(20-75)58-38(65)24(3)47/h4-6,8-9,16-17,21-24,28-34,37,61,75H,7,10-15,18-20,47H2,1-3H3,(H,48,51)(H,49,52)(H,50,66)(H,53,62)(H,54,67)(H,55,71)(H,56,70)(H,57,68)(H,58,65)(H,59,69)(H,63,64)(H,73,74)/t24-,28-,29-,30-,31-,32-,33-,34-,37-/m0/s1. The number of carboxylic acids is 2. The molecule has 0 bridgehead atoms. The maximum atomic E-state index is 13.9. The molecule has 0 spiro atoms. The lowest BCUT2D eigenvalue weighted by atomic mass is 10.0. The molecule has 0 saturated carbocycles. The van der Waals surface area contributed by atoms with Crippen LogP contribution in [-0.2, 0) is 72.0 Å². The number of carbonyl (C=O) groups excluding carboxylic acids is 9. The van der Waals surface area contributed by atoms with Crippen LogP contribution in [0, 0.1) is 5.92 Å². The summed E-state index contributed by atoms with van der Waals surface area (Å²) in [5.41, 5.74) is 6.92. The minimum Gasteiger partial charge on any atom is -0.481 e. The first-order chi connectivity index (χ1) is 35.6. The van der Waals surface area contributed by atoms with Crippen LogP contribution in [0.5, 0.6) is 0 Å². The SMILES string of the molecule is CC(C)[C@H](NC(=O)[C@H](Cc1ccccc1)NC(=O)[C@H](Cc1cnc[nH]1)NC(=O)CNC(=O)[C@H](CO)NC(=O)[C@H](Cc1cnc[nH]1)NC(=O)[C@@H]1CCCN1C(=O)[C@H](CC(=O)O)NC(=O)[C@H](CS)NC(=O)[C@H](C)N)C(=O)O. The highest BCUT2D eigenvalue weighted by atomic mass is 32.1. The molecule has 4 rings (SSSR count). The number of nitrogens with two attached hydrogens (primary N) is 1. The number of likely N-dealkylation sites (tertiary alicyclic amines) is 1. The number of imidazole rings is 2. The van der Waals surface area contributed by atoms with Crippen molar-refractivity contribution in [2.24, 2.45) is 11.7 Å². The first kappa shape index (κ1) is 59.6. The van der Waals surface area contributed by atoms with Gasteiger partial charge in [-0.2, -0.15) is 12.6 Å². The monoisotopic (exact) mass is 1070 g/mol. The number of aromatic amines is 2. The summed E-state index contributed by atoms with van der Waals surface area (Å²) < 4.78 is 0. The van der Waals surface area contributed by atoms with Crippen LogP contribution >= 0.6 is 12.6 Å². The number of carboxylic acid groups (broad SMARTS) is 2. The number of benzene rings is 1. The Morgan fingerprint density at radius 1 is 0.693 bits per heavy atom. The second-order valence-electron chi connectivity index (χ2n) is 17.9. The molecule has 0 radical (unpaired) electrons. The van der Waals surface area contributed by atoms with Crippen molar-refractivity contribution >= 4 is 77.7 Å². The summed E-state index contributed by atoms with van der Waals surface area (Å²) in [6.07, 6.45) is 4.26. The van der Waals surface area contributed by atoms with Gasteiger partial charge in [-0.1, -0.05) is 44.2 Å². The molecule has 0 unspecified atom stereocenters. The van der Waals surface area contributed by atoms with Crippen molar-refractivity contribution in [3.05, 3.63) is 72.3 Å². The third-order valence-corrected chi connectivity index (χ3v) is 12.1. The number of aliphatic hydroxyl groups is 1. The Balaban J connectivity index is 1.45. The molecule has 408 valence electrons. The summed E-state index contributed by atoms with van der Waals surface area (Å²) in [5, 5.41) is 49.0. The lowest BCUT2D eigenvalue weighted by Crippen LogP contribution is -2.60. The minimum atomic E-state index is -1.72. The third kappa shape index (κ3) is 18.5. The molecule has 28 nitrogen and oxygen atoms in total. The van der Waals surface area contributed by atoms with Crippen LogP contribution in [0.15, 0.2) is 55.4 Å². The number of carbonyl (C=O) groups is 11. The van der Waals surface area contributed by atoms with Crippen LogP contribution in [0.25, 0.3) is 0 Å². The topological polar surface area (TPSA) is 431 Å². The number of rotatable bonds is 29. The number of thiol groups is 1. The summed E-state index contributed by atoms with van der Waals surface area (Å²) in [7, 11) is 0. The van der Waals surface area contributed by atoms with Crippen molar-refractivity contribution in [3.63, 3.8) is 0 Å². The molecule has 75 heavy (non-hydrogen) atoms. The highest BCUT2D eigenvalue weighted by Gasteiger charge is 2.41. The second kappa shape index (κ2) is 29.1. The molecular weight excluding hydrogens is 1000 g/mol. The van der Waals surface area contributed by atoms with Gasteiger partial charge in [-0.15, -0.1) is 0 Å². The molecule has 3 aromatic rings. The van der Waals surface area contributed by atoms with Gasteiger partial charge < -0.3 is 78.5 Å². The van der Waals surface area contributed by atoms with Gasteiger partial charge in [0, 0.05) is 55.3 Å². The van der Waals surface area contributed by atoms with Crippen LogP contribution in [-0.4, -0.2) is 185 Å². The number of nitrogens with zero attached hydrogens (tertiary/aromatic N) is 3. The number of amides is 9. The highest BCUT2D eigenvalue weighted by molar-refractivity contribution is 7.80. The molecule has 29 heteroatoms. The predicted molar refractivity (Wildman–Crippen MR) is 265 cm³/mol. The van der Waals surface area contributed by atoms with E-state index in [1.165, 1.54) is 32.0 Å². The van der Waals surface area contributed by atoms with E-state index in [2.05, 4.69) is 75.1 Å². The van der Waals surface area contributed by atoms with Crippen LogP contribution < -0.4 is 48.3 Å². The van der Waals surface area contributed by atoms with E-state index >= 15 is 0 Å². The molecule has 1 aliphatic heterocycles. The number of H-pyrrole nitrogens is 2. The zero-order valence-electron chi connectivity index (χ0n) is 41.2. The fourth-order valence-electron chi connectivity index (χ4n) is 7.67. The number of aromatic nitrogens is 4. The third-order valence-electron chi connectivity index (χ3n) is 11.7. The zero-order valence-corrected chi connectivity index (χ0v) is 42.1. The molecular formula is C46H64N14O14S. The molecule has 1 aromatic carbocycles. The molecule has 9 atom stereocenters. The molecule has 1 saturated heterocycles. The molecule has 0 aliphatic carbocycles. The van der Waals surface area contributed by atoms with Crippen molar-refractivity contribution in [1.29, 1.82) is 0 Å². The van der Waals surface area contributed by atoms with Gasteiger partial charge in [0.1, 0.15) is 48.3 Å². The van der Waals surface area contributed by atoms with Gasteiger partial charge in [-0.05, 0) is 31.2 Å². The van der Waals surface area contributed by atoms with Gasteiger partial charge >= 0.3 is 11.9 Å². The summed E-state index contributed by atoms with van der Waals surface area (Å²) in [5.74, 6) is -11.7. The predicted octanol–water partition coefficient (Wildman–Crippen LogP) is -4.85. The van der Waals surface area contributed by atoms with Gasteiger partial charge in [-0.25, -0.2) is 14.8 Å². The molecule has 1 fully saturated rings. The average molecular weight is 1070 g/mol. The summed E-state index contributed by atoms with van der Waals surface area (Å²) >= 11 is 4.07. The van der Waals surface area contributed by atoms with Crippen molar-refractivity contribution in [3.8, 4) is 0 Å². The number of aliphatic hydroxyl groups excluding tert-OH is 1. The average Bonchev–Trinajstić information content (AvgIpc) is 4.19. The lowest BCUT2D eigenvalue weighted by molar-refractivity contribution is -0.146. The molecule has 3 heterocycles. The second-order valence-corrected chi connectivity index (χ2v) is 18.3. The van der Waals surface area contributed by atoms with Crippen LogP contribution in [0.4, 0.5) is 0 Å². The van der Waals surface area contributed by atoms with E-state index < -0.39 is 145 Å². The quantitative estimate of drug-likeness (QED) is 0.0290. The Labute approximate surface area is 435 Å². The summed E-state index contributed by atoms with van der Waals surface area (Å²) in [4.78, 5) is 160. The minimum absolute atomic E-state index is 0.0496. The van der Waals surface area contributed by atoms with E-state index in [1.54, 1.807) is 44.2 Å². The van der Waals surface area contributed by atoms with E-state index in [0.717, 1.165) is 4.90 Å². The largest absolute Gasteiger partial charge is 0.481 e. The van der Waals surface area contributed by atoms with E-state index in [0.29, 0.717) is 17.0 Å². The van der Waals surface area contributed by atoms with Crippen molar-refractivity contribution < 1.29 is 68.1 Å². The molecule has 15 N–H and O–H groups in total. The fraction of sp³-hybridized carbons (Fsp3) is 0.500. The van der Waals surface area contributed by atoms with Crippen molar-refractivity contribution in [2.75, 3.05) is 25.4 Å². The Kier molecular flexibility index (Phi) is 23.1. The normalized spacial score (nSPS) is 16.3. The van der Waals surface area contributed by atoms with E-state index in [1.807, 2.05) is 0 Å². The number of hydrogen-bond acceptors (Lipinski definition) is 16. The smallest absolute Gasteiger partial charge is 0.326 e. The summed E-state index contributed by atoms with van der Waals surface area (Å²) in [6, 6.07) is -3.96. The van der Waals surface area contributed by atoms with Gasteiger partial charge in [-0.3, -0.25) is 47.9 Å². The Hall–Kier alpha value is -7.92. The van der Waals surface area contributed by atoms with E-state index in [-0.39, 0.29) is 44.4 Å².